The summed E-state index contributed by atoms with van der Waals surface area (Å²) in [5.74, 6) is -1.46. The monoisotopic (exact) mass is 457 g/mol. The Hall–Kier alpha value is -2.87. The minimum atomic E-state index is -0.911. The topological polar surface area (TPSA) is 122 Å². The first-order valence-electron chi connectivity index (χ1n) is 10.9. The molecular weight excluding hydrogens is 434 g/mol. The second-order valence-electron chi connectivity index (χ2n) is 9.51. The third-order valence-electron chi connectivity index (χ3n) is 7.47. The van der Waals surface area contributed by atoms with Crippen LogP contribution in [-0.4, -0.2) is 31.9 Å². The smallest absolute Gasteiger partial charge is 0.309 e. The summed E-state index contributed by atoms with van der Waals surface area (Å²) in [5, 5.41) is 26.4. The number of nitrogens with zero attached hydrogens (tertiary/aromatic N) is 2. The predicted molar refractivity (Wildman–Crippen MR) is 117 cm³/mol. The van der Waals surface area contributed by atoms with Gasteiger partial charge in [0.25, 0.3) is 5.56 Å². The summed E-state index contributed by atoms with van der Waals surface area (Å²) in [7, 11) is 0. The van der Waals surface area contributed by atoms with Gasteiger partial charge in [0.15, 0.2) is 0 Å². The van der Waals surface area contributed by atoms with Crippen molar-refractivity contribution in [3.8, 4) is 0 Å². The van der Waals surface area contributed by atoms with Crippen LogP contribution in [0.2, 0.25) is 5.02 Å². The van der Waals surface area contributed by atoms with Crippen molar-refractivity contribution < 1.29 is 19.8 Å². The number of rotatable bonds is 6. The van der Waals surface area contributed by atoms with E-state index >= 15 is 0 Å². The highest BCUT2D eigenvalue weighted by molar-refractivity contribution is 6.33. The van der Waals surface area contributed by atoms with Crippen molar-refractivity contribution in [2.75, 3.05) is 5.32 Å². The van der Waals surface area contributed by atoms with Crippen LogP contribution in [0, 0.1) is 23.7 Å². The van der Waals surface area contributed by atoms with Crippen LogP contribution in [0.4, 0.5) is 11.4 Å². The summed E-state index contributed by atoms with van der Waals surface area (Å²) in [5.41, 5.74) is 0.323. The minimum absolute atomic E-state index is 0.0329. The number of halogens is 1. The molecule has 1 heterocycles. The van der Waals surface area contributed by atoms with Gasteiger partial charge >= 0.3 is 11.9 Å². The van der Waals surface area contributed by atoms with Gasteiger partial charge < -0.3 is 15.5 Å². The highest BCUT2D eigenvalue weighted by Gasteiger charge is 2.61. The third-order valence-corrected chi connectivity index (χ3v) is 7.83. The van der Waals surface area contributed by atoms with Crippen molar-refractivity contribution in [3.63, 3.8) is 0 Å². The summed E-state index contributed by atoms with van der Waals surface area (Å²) in [6.07, 6.45) is 5.63. The van der Waals surface area contributed by atoms with Crippen LogP contribution < -0.4 is 10.9 Å². The molecule has 0 unspecified atom stereocenters. The molecule has 1 aromatic heterocycles. The average Bonchev–Trinajstić information content (AvgIpc) is 2.71. The molecule has 0 amide bonds. The minimum Gasteiger partial charge on any atom is -0.481 e. The van der Waals surface area contributed by atoms with Crippen molar-refractivity contribution in [2.45, 2.75) is 44.1 Å². The standard InChI is InChI=1S/C23H24ClN3O5/c24-20-17(26-16-3-1-12(2-4-16)8-18(28)29)11-25-27(21(20)30)23-9-13-5-14(10-23)7-15(6-13)19(23)22(31)32/h1-4,11,13-15,19,26H,5-10H2,(H,28,29)(H,31,32)/t13-,14-,15?,19-,23?/m0/s1. The Morgan fingerprint density at radius 1 is 1.12 bits per heavy atom. The highest BCUT2D eigenvalue weighted by Crippen LogP contribution is 2.61. The highest BCUT2D eigenvalue weighted by atomic mass is 35.5. The Morgan fingerprint density at radius 2 is 1.78 bits per heavy atom. The molecule has 0 radical (unpaired) electrons. The molecule has 8 nitrogen and oxygen atoms in total. The van der Waals surface area contributed by atoms with Crippen LogP contribution >= 0.6 is 11.6 Å². The molecular formula is C23H24ClN3O5. The molecule has 0 spiro atoms. The number of nitrogens with one attached hydrogen (secondary N) is 1. The van der Waals surface area contributed by atoms with Crippen LogP contribution in [0.15, 0.2) is 35.3 Å². The van der Waals surface area contributed by atoms with Gasteiger partial charge in [0, 0.05) is 5.69 Å². The molecule has 4 aliphatic rings. The normalized spacial score (nSPS) is 30.3. The van der Waals surface area contributed by atoms with Gasteiger partial charge in [-0.3, -0.25) is 14.4 Å². The fraction of sp³-hybridized carbons (Fsp3) is 0.478. The molecule has 4 bridgehead atoms. The molecule has 4 aliphatic carbocycles. The molecule has 0 aliphatic heterocycles. The zero-order valence-electron chi connectivity index (χ0n) is 17.3. The second kappa shape index (κ2) is 7.62. The Kier molecular flexibility index (Phi) is 5.00. The largest absolute Gasteiger partial charge is 0.481 e. The first kappa shape index (κ1) is 21.0. The number of aliphatic carboxylic acids is 2. The molecule has 3 N–H and O–H groups in total. The summed E-state index contributed by atoms with van der Waals surface area (Å²) >= 11 is 6.45. The zero-order valence-corrected chi connectivity index (χ0v) is 18.1. The lowest BCUT2D eigenvalue weighted by Gasteiger charge is -2.59. The molecule has 4 saturated carbocycles. The maximum atomic E-state index is 13.3. The second-order valence-corrected chi connectivity index (χ2v) is 9.89. The average molecular weight is 458 g/mol. The lowest BCUT2D eigenvalue weighted by atomic mass is 9.48. The number of carboxylic acid groups (broad SMARTS) is 2. The lowest BCUT2D eigenvalue weighted by molar-refractivity contribution is -0.168. The number of benzene rings is 1. The molecule has 1 aromatic carbocycles. The Bertz CT molecular complexity index is 1130. The number of hydrogen-bond acceptors (Lipinski definition) is 5. The Morgan fingerprint density at radius 3 is 2.38 bits per heavy atom. The van der Waals surface area contributed by atoms with Gasteiger partial charge in [-0.1, -0.05) is 23.7 Å². The van der Waals surface area contributed by atoms with E-state index in [2.05, 4.69) is 10.4 Å². The SMILES string of the molecule is O=C(O)Cc1ccc(Nc2cnn(C34C[C@@H]5CC(C[C@H](C5)C3)[C@H]4C(=O)O)c(=O)c2Cl)cc1. The molecule has 3 atom stereocenters. The van der Waals surface area contributed by atoms with Crippen molar-refractivity contribution in [3.05, 3.63) is 51.4 Å². The van der Waals surface area contributed by atoms with E-state index in [1.165, 1.54) is 10.9 Å². The van der Waals surface area contributed by atoms with E-state index in [4.69, 9.17) is 16.7 Å². The fourth-order valence-electron chi connectivity index (χ4n) is 6.61. The summed E-state index contributed by atoms with van der Waals surface area (Å²) in [6.45, 7) is 0. The van der Waals surface area contributed by atoms with E-state index in [0.717, 1.165) is 19.3 Å². The van der Waals surface area contributed by atoms with E-state index in [0.29, 0.717) is 41.6 Å². The molecule has 2 aromatic rings. The van der Waals surface area contributed by atoms with Crippen LogP contribution in [0.5, 0.6) is 0 Å². The van der Waals surface area contributed by atoms with Gasteiger partial charge in [-0.05, 0) is 67.6 Å². The number of carbonyl (C=O) groups is 2. The van der Waals surface area contributed by atoms with Crippen molar-refractivity contribution in [2.24, 2.45) is 23.7 Å². The number of anilines is 2. The third kappa shape index (κ3) is 3.37. The Balaban J connectivity index is 1.47. The van der Waals surface area contributed by atoms with Gasteiger partial charge in [0.2, 0.25) is 0 Å². The van der Waals surface area contributed by atoms with E-state index in [1.807, 2.05) is 0 Å². The van der Waals surface area contributed by atoms with Crippen molar-refractivity contribution >= 4 is 34.9 Å². The molecule has 168 valence electrons. The van der Waals surface area contributed by atoms with Gasteiger partial charge in [-0.15, -0.1) is 0 Å². The molecule has 32 heavy (non-hydrogen) atoms. The maximum Gasteiger partial charge on any atom is 0.309 e. The maximum absolute atomic E-state index is 13.3. The van der Waals surface area contributed by atoms with Crippen LogP contribution in [-0.2, 0) is 21.5 Å². The first-order valence-corrected chi connectivity index (χ1v) is 11.2. The predicted octanol–water partition coefficient (Wildman–Crippen LogP) is 3.50. The van der Waals surface area contributed by atoms with E-state index in [-0.39, 0.29) is 17.4 Å². The van der Waals surface area contributed by atoms with Crippen molar-refractivity contribution in [1.82, 2.24) is 9.78 Å². The van der Waals surface area contributed by atoms with Crippen LogP contribution in [0.25, 0.3) is 0 Å². The lowest BCUT2D eigenvalue weighted by Crippen LogP contribution is -2.63. The van der Waals surface area contributed by atoms with Crippen LogP contribution in [0.3, 0.4) is 0 Å². The van der Waals surface area contributed by atoms with Gasteiger partial charge in [0.05, 0.1) is 29.8 Å². The summed E-state index contributed by atoms with van der Waals surface area (Å²) in [6, 6.07) is 6.79. The van der Waals surface area contributed by atoms with Gasteiger partial charge in [0.1, 0.15) is 5.02 Å². The van der Waals surface area contributed by atoms with E-state index in [9.17, 15) is 19.5 Å². The van der Waals surface area contributed by atoms with E-state index in [1.54, 1.807) is 24.3 Å². The summed E-state index contributed by atoms with van der Waals surface area (Å²) in [4.78, 5) is 36.4. The number of aromatic nitrogens is 2. The fourth-order valence-corrected chi connectivity index (χ4v) is 6.78. The van der Waals surface area contributed by atoms with Gasteiger partial charge in [-0.2, -0.15) is 5.10 Å². The molecule has 0 saturated heterocycles. The molecule has 4 fully saturated rings. The first-order chi connectivity index (χ1) is 15.3. The van der Waals surface area contributed by atoms with Crippen LogP contribution in [0.1, 0.15) is 37.7 Å². The van der Waals surface area contributed by atoms with E-state index < -0.39 is 29.0 Å². The number of hydrogen-bond donors (Lipinski definition) is 3. The zero-order chi connectivity index (χ0) is 22.6. The molecule has 9 heteroatoms. The summed E-state index contributed by atoms with van der Waals surface area (Å²) < 4.78 is 1.36. The molecule has 6 rings (SSSR count). The van der Waals surface area contributed by atoms with Gasteiger partial charge in [-0.25, -0.2) is 4.68 Å². The van der Waals surface area contributed by atoms with Crippen molar-refractivity contribution in [1.29, 1.82) is 0 Å². The number of carboxylic acids is 2. The Labute approximate surface area is 189 Å². The quantitative estimate of drug-likeness (QED) is 0.606.